The number of ether oxygens (including phenoxy) is 1. The summed E-state index contributed by atoms with van der Waals surface area (Å²) in [4.78, 5) is 33.0. The number of thioether (sulfide) groups is 1. The zero-order valence-electron chi connectivity index (χ0n) is 17.5. The van der Waals surface area contributed by atoms with Gasteiger partial charge in [-0.2, -0.15) is 0 Å². The van der Waals surface area contributed by atoms with Gasteiger partial charge >= 0.3 is 11.8 Å². The summed E-state index contributed by atoms with van der Waals surface area (Å²) in [6, 6.07) is 10.7. The van der Waals surface area contributed by atoms with Gasteiger partial charge in [0.05, 0.1) is 23.9 Å². The Balaban J connectivity index is 1.55. The van der Waals surface area contributed by atoms with E-state index in [2.05, 4.69) is 20.6 Å². The van der Waals surface area contributed by atoms with Crippen LogP contribution < -0.4 is 15.4 Å². The van der Waals surface area contributed by atoms with Gasteiger partial charge in [0.2, 0.25) is 0 Å². The molecule has 0 bridgehead atoms. The lowest BCUT2D eigenvalue weighted by atomic mass is 10.0. The number of nitrogens with one attached hydrogen (secondary N) is 2. The minimum atomic E-state index is -0.750. The first kappa shape index (κ1) is 22.4. The molecule has 0 aliphatic carbocycles. The standard InChI is InChI=1S/C22H24N4O4S/c1-22(2,9-11-31-19-6-4-5-10-24-19)26-21(28)20(27)25-15-7-8-16(17(12-15)29-3)18-13-23-14-30-18/h4-8,10,12-14H,9,11H2,1-3H3,(H,25,27)(H,26,28). The quantitative estimate of drug-likeness (QED) is 0.406. The number of nitrogens with zero attached hydrogens (tertiary/aromatic N) is 2. The van der Waals surface area contributed by atoms with Crippen molar-refractivity contribution >= 4 is 29.3 Å². The number of rotatable bonds is 8. The molecule has 0 saturated heterocycles. The Bertz CT molecular complexity index is 1020. The van der Waals surface area contributed by atoms with E-state index in [0.717, 1.165) is 10.8 Å². The lowest BCUT2D eigenvalue weighted by Crippen LogP contribution is -2.48. The summed E-state index contributed by atoms with van der Waals surface area (Å²) in [7, 11) is 1.51. The summed E-state index contributed by atoms with van der Waals surface area (Å²) in [5.74, 6) is 0.331. The number of aromatic nitrogens is 2. The van der Waals surface area contributed by atoms with Gasteiger partial charge in [0.1, 0.15) is 5.75 Å². The van der Waals surface area contributed by atoms with Gasteiger partial charge in [0.25, 0.3) is 0 Å². The predicted molar refractivity (Wildman–Crippen MR) is 119 cm³/mol. The van der Waals surface area contributed by atoms with E-state index in [1.54, 1.807) is 42.4 Å². The fourth-order valence-electron chi connectivity index (χ4n) is 2.78. The van der Waals surface area contributed by atoms with Crippen molar-refractivity contribution in [2.45, 2.75) is 30.8 Å². The second-order valence-electron chi connectivity index (χ2n) is 7.34. The number of pyridine rings is 1. The molecule has 2 heterocycles. The SMILES string of the molecule is COc1cc(NC(=O)C(=O)NC(C)(C)CCSc2ccccn2)ccc1-c1cnco1. The van der Waals surface area contributed by atoms with E-state index in [4.69, 9.17) is 9.15 Å². The molecule has 0 spiro atoms. The van der Waals surface area contributed by atoms with Gasteiger partial charge in [0, 0.05) is 29.2 Å². The maximum atomic E-state index is 12.4. The van der Waals surface area contributed by atoms with Crippen LogP contribution in [0, 0.1) is 0 Å². The number of hydrogen-bond acceptors (Lipinski definition) is 7. The summed E-state index contributed by atoms with van der Waals surface area (Å²) >= 11 is 1.60. The summed E-state index contributed by atoms with van der Waals surface area (Å²) in [5.41, 5.74) is 0.571. The highest BCUT2D eigenvalue weighted by Crippen LogP contribution is 2.32. The molecule has 3 aromatic rings. The molecule has 2 amide bonds. The molecule has 0 radical (unpaired) electrons. The summed E-state index contributed by atoms with van der Waals surface area (Å²) in [6.07, 6.45) is 5.31. The van der Waals surface area contributed by atoms with Crippen molar-refractivity contribution in [3.05, 3.63) is 55.2 Å². The lowest BCUT2D eigenvalue weighted by Gasteiger charge is -2.25. The number of anilines is 1. The number of carbonyl (C=O) groups is 2. The molecule has 31 heavy (non-hydrogen) atoms. The number of hydrogen-bond donors (Lipinski definition) is 2. The number of benzene rings is 1. The van der Waals surface area contributed by atoms with Gasteiger partial charge in [-0.25, -0.2) is 9.97 Å². The topological polar surface area (TPSA) is 106 Å². The molecule has 0 atom stereocenters. The van der Waals surface area contributed by atoms with Crippen molar-refractivity contribution in [3.8, 4) is 17.1 Å². The van der Waals surface area contributed by atoms with E-state index in [1.807, 2.05) is 32.0 Å². The van der Waals surface area contributed by atoms with Crippen LogP contribution >= 0.6 is 11.8 Å². The third-order valence-corrected chi connectivity index (χ3v) is 5.38. The fourth-order valence-corrected chi connectivity index (χ4v) is 3.91. The molecule has 0 aliphatic heterocycles. The average Bonchev–Trinajstić information content (AvgIpc) is 3.28. The Labute approximate surface area is 184 Å². The van der Waals surface area contributed by atoms with Crippen LogP contribution in [0.5, 0.6) is 5.75 Å². The molecule has 2 aromatic heterocycles. The van der Waals surface area contributed by atoms with Crippen LogP contribution in [0.25, 0.3) is 11.3 Å². The molecule has 1 aromatic carbocycles. The number of methoxy groups -OCH3 is 1. The Morgan fingerprint density at radius 3 is 2.71 bits per heavy atom. The highest BCUT2D eigenvalue weighted by atomic mass is 32.2. The molecular formula is C22H24N4O4S. The maximum Gasteiger partial charge on any atom is 0.313 e. The summed E-state index contributed by atoms with van der Waals surface area (Å²) < 4.78 is 10.7. The molecule has 0 unspecified atom stereocenters. The van der Waals surface area contributed by atoms with Gasteiger partial charge < -0.3 is 19.8 Å². The monoisotopic (exact) mass is 440 g/mol. The van der Waals surface area contributed by atoms with Crippen molar-refractivity contribution in [1.29, 1.82) is 0 Å². The molecular weight excluding hydrogens is 416 g/mol. The van der Waals surface area contributed by atoms with E-state index in [9.17, 15) is 9.59 Å². The van der Waals surface area contributed by atoms with Gasteiger partial charge in [-0.1, -0.05) is 6.07 Å². The van der Waals surface area contributed by atoms with Crippen LogP contribution in [-0.4, -0.2) is 40.2 Å². The van der Waals surface area contributed by atoms with Gasteiger partial charge in [-0.15, -0.1) is 11.8 Å². The molecule has 0 saturated carbocycles. The molecule has 0 aliphatic rings. The molecule has 3 rings (SSSR count). The average molecular weight is 441 g/mol. The number of amides is 2. The molecule has 2 N–H and O–H groups in total. The van der Waals surface area contributed by atoms with Crippen molar-refractivity contribution in [2.24, 2.45) is 0 Å². The Kier molecular flexibility index (Phi) is 7.30. The first-order valence-electron chi connectivity index (χ1n) is 9.62. The molecule has 8 nitrogen and oxygen atoms in total. The summed E-state index contributed by atoms with van der Waals surface area (Å²) in [5, 5.41) is 6.31. The normalized spacial score (nSPS) is 11.1. The first-order chi connectivity index (χ1) is 14.9. The van der Waals surface area contributed by atoms with E-state index in [-0.39, 0.29) is 0 Å². The van der Waals surface area contributed by atoms with E-state index < -0.39 is 17.4 Å². The van der Waals surface area contributed by atoms with E-state index in [1.165, 1.54) is 13.5 Å². The zero-order chi connectivity index (χ0) is 22.3. The van der Waals surface area contributed by atoms with Gasteiger partial charge in [-0.3, -0.25) is 9.59 Å². The molecule has 9 heteroatoms. The van der Waals surface area contributed by atoms with E-state index >= 15 is 0 Å². The zero-order valence-corrected chi connectivity index (χ0v) is 18.4. The lowest BCUT2D eigenvalue weighted by molar-refractivity contribution is -0.137. The smallest absolute Gasteiger partial charge is 0.313 e. The van der Waals surface area contributed by atoms with Gasteiger partial charge in [-0.05, 0) is 44.5 Å². The maximum absolute atomic E-state index is 12.4. The van der Waals surface area contributed by atoms with Gasteiger partial charge in [0.15, 0.2) is 12.2 Å². The Morgan fingerprint density at radius 2 is 2.03 bits per heavy atom. The number of oxazole rings is 1. The number of carbonyl (C=O) groups excluding carboxylic acids is 2. The summed E-state index contributed by atoms with van der Waals surface area (Å²) in [6.45, 7) is 3.76. The Morgan fingerprint density at radius 1 is 1.19 bits per heavy atom. The first-order valence-corrected chi connectivity index (χ1v) is 10.6. The largest absolute Gasteiger partial charge is 0.496 e. The van der Waals surface area contributed by atoms with Crippen LogP contribution in [0.15, 0.2) is 64.6 Å². The third kappa shape index (κ3) is 6.32. The highest BCUT2D eigenvalue weighted by Gasteiger charge is 2.24. The van der Waals surface area contributed by atoms with Crippen molar-refractivity contribution in [3.63, 3.8) is 0 Å². The third-order valence-electron chi connectivity index (χ3n) is 4.43. The van der Waals surface area contributed by atoms with Crippen molar-refractivity contribution in [2.75, 3.05) is 18.2 Å². The fraction of sp³-hybridized carbons (Fsp3) is 0.273. The van der Waals surface area contributed by atoms with Crippen LogP contribution in [0.1, 0.15) is 20.3 Å². The minimum absolute atomic E-state index is 0.434. The second kappa shape index (κ2) is 10.1. The molecule has 162 valence electrons. The Hall–Kier alpha value is -3.33. The minimum Gasteiger partial charge on any atom is -0.496 e. The second-order valence-corrected chi connectivity index (χ2v) is 8.45. The highest BCUT2D eigenvalue weighted by molar-refractivity contribution is 7.99. The predicted octanol–water partition coefficient (Wildman–Crippen LogP) is 3.76. The van der Waals surface area contributed by atoms with Crippen molar-refractivity contribution in [1.82, 2.24) is 15.3 Å². The molecule has 0 fully saturated rings. The van der Waals surface area contributed by atoms with Crippen LogP contribution in [0.4, 0.5) is 5.69 Å². The van der Waals surface area contributed by atoms with E-state index in [0.29, 0.717) is 29.2 Å². The van der Waals surface area contributed by atoms with Crippen LogP contribution in [0.2, 0.25) is 0 Å². The van der Waals surface area contributed by atoms with Crippen LogP contribution in [0.3, 0.4) is 0 Å². The van der Waals surface area contributed by atoms with Crippen molar-refractivity contribution < 1.29 is 18.7 Å². The van der Waals surface area contributed by atoms with Crippen LogP contribution in [-0.2, 0) is 9.59 Å².